The molecule has 0 atom stereocenters. The van der Waals surface area contributed by atoms with Crippen LogP contribution in [-0.4, -0.2) is 27.5 Å². The highest BCUT2D eigenvalue weighted by atomic mass is 32.2. The van der Waals surface area contributed by atoms with Crippen molar-refractivity contribution in [2.24, 2.45) is 0 Å². The van der Waals surface area contributed by atoms with Gasteiger partial charge < -0.3 is 10.0 Å². The Bertz CT molecular complexity index is 650. The standard InChI is InChI=1S/C14H13N3O2S/c1-20-13-11(14(18)19)6-12(15-16-13)17-7-9-4-2-3-5-10(9)8-17/h2-6H,7-8H2,1H3,(H,18,19). The first-order valence-corrected chi connectivity index (χ1v) is 7.38. The van der Waals surface area contributed by atoms with Gasteiger partial charge in [0.2, 0.25) is 0 Å². The Labute approximate surface area is 120 Å². The monoisotopic (exact) mass is 287 g/mol. The van der Waals surface area contributed by atoms with Crippen molar-refractivity contribution in [2.75, 3.05) is 11.2 Å². The molecule has 1 aromatic heterocycles. The number of carbonyl (C=O) groups is 1. The van der Waals surface area contributed by atoms with Gasteiger partial charge in [-0.3, -0.25) is 0 Å². The van der Waals surface area contributed by atoms with Crippen LogP contribution in [0.2, 0.25) is 0 Å². The Kier molecular flexibility index (Phi) is 3.31. The van der Waals surface area contributed by atoms with E-state index in [2.05, 4.69) is 22.3 Å². The molecule has 2 aromatic rings. The van der Waals surface area contributed by atoms with Crippen LogP contribution in [0.5, 0.6) is 0 Å². The molecule has 0 saturated heterocycles. The van der Waals surface area contributed by atoms with Crippen LogP contribution in [0.1, 0.15) is 21.5 Å². The number of aromatic carboxylic acids is 1. The smallest absolute Gasteiger partial charge is 0.338 e. The lowest BCUT2D eigenvalue weighted by Gasteiger charge is -2.16. The molecule has 0 amide bonds. The summed E-state index contributed by atoms with van der Waals surface area (Å²) in [5.74, 6) is -0.362. The third kappa shape index (κ3) is 2.22. The summed E-state index contributed by atoms with van der Waals surface area (Å²) in [6.45, 7) is 1.48. The van der Waals surface area contributed by atoms with Crippen LogP contribution in [0.15, 0.2) is 35.4 Å². The minimum atomic E-state index is -0.970. The van der Waals surface area contributed by atoms with E-state index in [0.29, 0.717) is 10.8 Å². The molecule has 3 rings (SSSR count). The van der Waals surface area contributed by atoms with Crippen LogP contribution >= 0.6 is 11.8 Å². The highest BCUT2D eigenvalue weighted by Crippen LogP contribution is 2.28. The SMILES string of the molecule is CSc1nnc(N2Cc3ccccc3C2)cc1C(=O)O. The number of benzene rings is 1. The molecular weight excluding hydrogens is 274 g/mol. The molecule has 1 aromatic carbocycles. The van der Waals surface area contributed by atoms with E-state index in [1.165, 1.54) is 22.9 Å². The molecule has 0 radical (unpaired) electrons. The lowest BCUT2D eigenvalue weighted by atomic mass is 10.1. The number of rotatable bonds is 3. The Hall–Kier alpha value is -2.08. The number of hydrogen-bond donors (Lipinski definition) is 1. The summed E-state index contributed by atoms with van der Waals surface area (Å²) < 4.78 is 0. The highest BCUT2D eigenvalue weighted by Gasteiger charge is 2.22. The first-order valence-electron chi connectivity index (χ1n) is 6.16. The first kappa shape index (κ1) is 12.9. The fraction of sp³-hybridized carbons (Fsp3) is 0.214. The second-order valence-corrected chi connectivity index (χ2v) is 5.35. The zero-order chi connectivity index (χ0) is 14.1. The molecule has 2 heterocycles. The van der Waals surface area contributed by atoms with E-state index < -0.39 is 5.97 Å². The third-order valence-corrected chi connectivity index (χ3v) is 4.02. The minimum Gasteiger partial charge on any atom is -0.478 e. The minimum absolute atomic E-state index is 0.207. The van der Waals surface area contributed by atoms with Gasteiger partial charge in [-0.25, -0.2) is 4.79 Å². The van der Waals surface area contributed by atoms with Gasteiger partial charge in [0.1, 0.15) is 5.03 Å². The molecule has 1 aliphatic rings. The van der Waals surface area contributed by atoms with Crippen molar-refractivity contribution < 1.29 is 9.90 Å². The number of carboxylic acids is 1. The third-order valence-electron chi connectivity index (χ3n) is 3.34. The zero-order valence-electron chi connectivity index (χ0n) is 10.9. The maximum absolute atomic E-state index is 11.3. The number of carboxylic acid groups (broad SMARTS) is 1. The van der Waals surface area contributed by atoms with E-state index in [-0.39, 0.29) is 5.56 Å². The molecule has 102 valence electrons. The zero-order valence-corrected chi connectivity index (χ0v) is 11.7. The van der Waals surface area contributed by atoms with Crippen molar-refractivity contribution in [1.82, 2.24) is 10.2 Å². The van der Waals surface area contributed by atoms with E-state index >= 15 is 0 Å². The van der Waals surface area contributed by atoms with Gasteiger partial charge in [-0.2, -0.15) is 0 Å². The maximum Gasteiger partial charge on any atom is 0.338 e. The van der Waals surface area contributed by atoms with Crippen LogP contribution in [0.25, 0.3) is 0 Å². The van der Waals surface area contributed by atoms with Gasteiger partial charge in [0.15, 0.2) is 5.82 Å². The Balaban J connectivity index is 1.93. The van der Waals surface area contributed by atoms with Crippen LogP contribution in [0.4, 0.5) is 5.82 Å². The van der Waals surface area contributed by atoms with Crippen molar-refractivity contribution in [2.45, 2.75) is 18.1 Å². The maximum atomic E-state index is 11.3. The predicted octanol–water partition coefficient (Wildman–Crippen LogP) is 2.42. The van der Waals surface area contributed by atoms with Gasteiger partial charge in [-0.1, -0.05) is 24.3 Å². The van der Waals surface area contributed by atoms with Gasteiger partial charge in [-0.05, 0) is 23.4 Å². The number of fused-ring (bicyclic) bond motifs is 1. The lowest BCUT2D eigenvalue weighted by Crippen LogP contribution is -2.18. The van der Waals surface area contributed by atoms with Crippen LogP contribution < -0.4 is 4.90 Å². The van der Waals surface area contributed by atoms with E-state index in [4.69, 9.17) is 0 Å². The molecule has 0 fully saturated rings. The lowest BCUT2D eigenvalue weighted by molar-refractivity contribution is 0.0692. The molecule has 5 nitrogen and oxygen atoms in total. The number of aromatic nitrogens is 2. The van der Waals surface area contributed by atoms with E-state index in [9.17, 15) is 9.90 Å². The number of hydrogen-bond acceptors (Lipinski definition) is 5. The van der Waals surface area contributed by atoms with Crippen molar-refractivity contribution in [3.63, 3.8) is 0 Å². The van der Waals surface area contributed by atoms with Gasteiger partial charge >= 0.3 is 5.97 Å². The molecule has 0 bridgehead atoms. The van der Waals surface area contributed by atoms with Crippen molar-refractivity contribution in [3.8, 4) is 0 Å². The number of thioether (sulfide) groups is 1. The van der Waals surface area contributed by atoms with Gasteiger partial charge in [0.05, 0.1) is 5.56 Å². The topological polar surface area (TPSA) is 66.3 Å². The Morgan fingerprint density at radius 1 is 1.25 bits per heavy atom. The van der Waals surface area contributed by atoms with E-state index in [1.54, 1.807) is 12.3 Å². The molecule has 0 aliphatic carbocycles. The summed E-state index contributed by atoms with van der Waals surface area (Å²) >= 11 is 1.29. The second-order valence-electron chi connectivity index (χ2n) is 4.56. The van der Waals surface area contributed by atoms with Gasteiger partial charge in [0.25, 0.3) is 0 Å². The molecule has 0 unspecified atom stereocenters. The average molecular weight is 287 g/mol. The summed E-state index contributed by atoms with van der Waals surface area (Å²) in [4.78, 5) is 13.3. The van der Waals surface area contributed by atoms with Crippen molar-refractivity contribution in [1.29, 1.82) is 0 Å². The highest BCUT2D eigenvalue weighted by molar-refractivity contribution is 7.98. The Morgan fingerprint density at radius 3 is 2.45 bits per heavy atom. The summed E-state index contributed by atoms with van der Waals surface area (Å²) in [6.07, 6.45) is 1.79. The second kappa shape index (κ2) is 5.13. The fourth-order valence-corrected chi connectivity index (χ4v) is 2.81. The average Bonchev–Trinajstić information content (AvgIpc) is 2.90. The van der Waals surface area contributed by atoms with Crippen LogP contribution in [0, 0.1) is 0 Å². The summed E-state index contributed by atoms with van der Waals surface area (Å²) in [7, 11) is 0. The summed E-state index contributed by atoms with van der Waals surface area (Å²) in [6, 6.07) is 9.78. The predicted molar refractivity (Wildman–Crippen MR) is 77.1 cm³/mol. The Morgan fingerprint density at radius 2 is 1.90 bits per heavy atom. The molecule has 1 aliphatic heterocycles. The van der Waals surface area contributed by atoms with Gasteiger partial charge in [0, 0.05) is 13.1 Å². The van der Waals surface area contributed by atoms with Gasteiger partial charge in [-0.15, -0.1) is 22.0 Å². The fourth-order valence-electron chi connectivity index (χ4n) is 2.32. The summed E-state index contributed by atoms with van der Waals surface area (Å²) in [5.41, 5.74) is 2.71. The van der Waals surface area contributed by atoms with Crippen LogP contribution in [0.3, 0.4) is 0 Å². The quantitative estimate of drug-likeness (QED) is 0.875. The molecule has 0 saturated carbocycles. The normalized spacial score (nSPS) is 13.3. The largest absolute Gasteiger partial charge is 0.478 e. The molecule has 6 heteroatoms. The van der Waals surface area contributed by atoms with Crippen molar-refractivity contribution >= 4 is 23.5 Å². The first-order chi connectivity index (χ1) is 9.69. The van der Waals surface area contributed by atoms with E-state index in [1.807, 2.05) is 17.0 Å². The van der Waals surface area contributed by atoms with Crippen molar-refractivity contribution in [3.05, 3.63) is 47.0 Å². The molecule has 20 heavy (non-hydrogen) atoms. The molecular formula is C14H13N3O2S. The summed E-state index contributed by atoms with van der Waals surface area (Å²) in [5, 5.41) is 17.8. The number of anilines is 1. The van der Waals surface area contributed by atoms with E-state index in [0.717, 1.165) is 13.1 Å². The molecule has 1 N–H and O–H groups in total. The van der Waals surface area contributed by atoms with Crippen LogP contribution in [-0.2, 0) is 13.1 Å². The number of nitrogens with zero attached hydrogens (tertiary/aromatic N) is 3. The molecule has 0 spiro atoms.